The van der Waals surface area contributed by atoms with Gasteiger partial charge in [0.25, 0.3) is 0 Å². The van der Waals surface area contributed by atoms with Crippen molar-refractivity contribution in [3.63, 3.8) is 0 Å². The highest BCUT2D eigenvalue weighted by Gasteiger charge is 2.61. The van der Waals surface area contributed by atoms with Gasteiger partial charge in [-0.05, 0) is 38.1 Å². The molecule has 0 radical (unpaired) electrons. The maximum Gasteiger partial charge on any atom is 0.320 e. The number of nitrogens with zero attached hydrogens (tertiary/aromatic N) is 2. The lowest BCUT2D eigenvalue weighted by Crippen LogP contribution is -2.70. The van der Waals surface area contributed by atoms with Gasteiger partial charge in [-0.2, -0.15) is 0 Å². The minimum absolute atomic E-state index is 0.0774. The highest BCUT2D eigenvalue weighted by atomic mass is 16.5. The van der Waals surface area contributed by atoms with Crippen LogP contribution in [0.15, 0.2) is 0 Å². The molecule has 0 saturated carbocycles. The minimum Gasteiger partial charge on any atom is -0.480 e. The normalized spacial score (nSPS) is 37.8. The van der Waals surface area contributed by atoms with Gasteiger partial charge in [0.05, 0.1) is 17.9 Å². The average molecular weight is 382 g/mol. The van der Waals surface area contributed by atoms with E-state index < -0.39 is 12.0 Å². The second kappa shape index (κ2) is 7.97. The van der Waals surface area contributed by atoms with Crippen LogP contribution in [0.3, 0.4) is 0 Å². The fraction of sp³-hybridized carbons (Fsp3) is 0.952. The van der Waals surface area contributed by atoms with Crippen LogP contribution in [-0.2, 0) is 9.53 Å². The quantitative estimate of drug-likeness (QED) is 0.661. The van der Waals surface area contributed by atoms with Crippen molar-refractivity contribution in [1.29, 1.82) is 0 Å². The monoisotopic (exact) mass is 381 g/mol. The minimum atomic E-state index is -0.718. The summed E-state index contributed by atoms with van der Waals surface area (Å²) in [5.74, 6) is -0.718. The van der Waals surface area contributed by atoms with E-state index >= 15 is 0 Å². The summed E-state index contributed by atoms with van der Waals surface area (Å²) in [6.45, 7) is 10.9. The van der Waals surface area contributed by atoms with E-state index in [-0.39, 0.29) is 23.3 Å². The topological polar surface area (TPSA) is 65.0 Å². The summed E-state index contributed by atoms with van der Waals surface area (Å²) in [5, 5.41) is 13.4. The molecule has 0 bridgehead atoms. The Morgan fingerprint density at radius 2 is 1.96 bits per heavy atom. The molecule has 2 N–H and O–H groups in total. The predicted octanol–water partition coefficient (Wildman–Crippen LogP) is 2.88. The third-order valence-electron chi connectivity index (χ3n) is 6.82. The van der Waals surface area contributed by atoms with Crippen LogP contribution in [0, 0.1) is 5.41 Å². The number of hydrogen-bond acceptors (Lipinski definition) is 5. The number of hydrogen-bond donors (Lipinski definition) is 2. The van der Waals surface area contributed by atoms with Gasteiger partial charge < -0.3 is 9.84 Å². The second-order valence-electron chi connectivity index (χ2n) is 9.85. The molecule has 27 heavy (non-hydrogen) atoms. The number of nitrogens with one attached hydrogen (secondary N) is 1. The molecule has 3 rings (SSSR count). The first-order valence-corrected chi connectivity index (χ1v) is 10.8. The van der Waals surface area contributed by atoms with E-state index in [1.807, 2.05) is 0 Å². The Bertz CT molecular complexity index is 531. The third-order valence-corrected chi connectivity index (χ3v) is 6.82. The van der Waals surface area contributed by atoms with Crippen LogP contribution in [0.2, 0.25) is 0 Å². The van der Waals surface area contributed by atoms with E-state index in [2.05, 4.69) is 49.9 Å². The third kappa shape index (κ3) is 3.91. The summed E-state index contributed by atoms with van der Waals surface area (Å²) >= 11 is 0. The van der Waals surface area contributed by atoms with Crippen molar-refractivity contribution in [2.24, 2.45) is 5.41 Å². The van der Waals surface area contributed by atoms with Crippen molar-refractivity contribution in [1.82, 2.24) is 15.1 Å². The first-order valence-electron chi connectivity index (χ1n) is 10.8. The lowest BCUT2D eigenvalue weighted by molar-refractivity contribution is -0.144. The molecule has 3 fully saturated rings. The number of carboxylic acids is 1. The summed E-state index contributed by atoms with van der Waals surface area (Å²) < 4.78 is 5.81. The molecule has 6 heteroatoms. The van der Waals surface area contributed by atoms with Gasteiger partial charge in [-0.1, -0.05) is 47.0 Å². The molecule has 0 aromatic carbocycles. The van der Waals surface area contributed by atoms with Crippen LogP contribution >= 0.6 is 0 Å². The smallest absolute Gasteiger partial charge is 0.320 e. The molecule has 0 aliphatic carbocycles. The van der Waals surface area contributed by atoms with E-state index in [1.54, 1.807) is 0 Å². The van der Waals surface area contributed by atoms with E-state index in [9.17, 15) is 9.90 Å². The van der Waals surface area contributed by atoms with Gasteiger partial charge in [0, 0.05) is 19.2 Å². The van der Waals surface area contributed by atoms with Gasteiger partial charge in [-0.3, -0.25) is 19.9 Å². The van der Waals surface area contributed by atoms with E-state index in [0.717, 1.165) is 38.8 Å². The Balaban J connectivity index is 1.97. The van der Waals surface area contributed by atoms with Gasteiger partial charge >= 0.3 is 5.97 Å². The fourth-order valence-corrected chi connectivity index (χ4v) is 5.66. The largest absolute Gasteiger partial charge is 0.480 e. The summed E-state index contributed by atoms with van der Waals surface area (Å²) in [6, 6.07) is -0.117. The molecule has 4 unspecified atom stereocenters. The fourth-order valence-electron chi connectivity index (χ4n) is 5.66. The standard InChI is InChI=1S/C21H39N3O3/c1-6-7-8-12-21-17(10-9-16(22-21)18(25)26)23(5)19(20(2,3)4)24(21)14-15-11-13-27-15/h15-17,19,22H,6-14H2,1-5H3,(H,25,26)/t15-,16?,17?,19?,21?/m0/s1. The second-order valence-corrected chi connectivity index (χ2v) is 9.85. The maximum absolute atomic E-state index is 11.9. The first kappa shape index (κ1) is 21.0. The van der Waals surface area contributed by atoms with Crippen LogP contribution in [0.25, 0.3) is 0 Å². The Morgan fingerprint density at radius 3 is 2.48 bits per heavy atom. The van der Waals surface area contributed by atoms with Crippen LogP contribution in [0.5, 0.6) is 0 Å². The summed E-state index contributed by atoms with van der Waals surface area (Å²) in [5.41, 5.74) is -0.198. The number of unbranched alkanes of at least 4 members (excludes halogenated alkanes) is 2. The highest BCUT2D eigenvalue weighted by molar-refractivity contribution is 5.73. The van der Waals surface area contributed by atoms with Crippen molar-refractivity contribution in [2.75, 3.05) is 20.2 Å². The zero-order valence-electron chi connectivity index (χ0n) is 17.8. The molecular formula is C21H39N3O3. The van der Waals surface area contributed by atoms with Gasteiger partial charge in [-0.15, -0.1) is 0 Å². The van der Waals surface area contributed by atoms with Crippen LogP contribution < -0.4 is 5.32 Å². The van der Waals surface area contributed by atoms with Crippen molar-refractivity contribution in [3.8, 4) is 0 Å². The van der Waals surface area contributed by atoms with Crippen LogP contribution in [0.4, 0.5) is 0 Å². The molecule has 0 aromatic heterocycles. The molecule has 5 atom stereocenters. The lowest BCUT2D eigenvalue weighted by atomic mass is 9.83. The number of fused-ring (bicyclic) bond motifs is 1. The number of likely N-dealkylation sites (N-methyl/N-ethyl adjacent to an activating group) is 1. The van der Waals surface area contributed by atoms with Gasteiger partial charge in [0.15, 0.2) is 0 Å². The summed E-state index contributed by atoms with van der Waals surface area (Å²) in [6.07, 6.45) is 7.77. The molecule has 3 saturated heterocycles. The zero-order chi connectivity index (χ0) is 19.8. The molecule has 6 nitrogen and oxygen atoms in total. The highest BCUT2D eigenvalue weighted by Crippen LogP contribution is 2.47. The number of ether oxygens (including phenoxy) is 1. The van der Waals surface area contributed by atoms with Crippen LogP contribution in [0.1, 0.15) is 72.6 Å². The average Bonchev–Trinajstić information content (AvgIpc) is 2.79. The summed E-state index contributed by atoms with van der Waals surface area (Å²) in [4.78, 5) is 17.0. The predicted molar refractivity (Wildman–Crippen MR) is 107 cm³/mol. The summed E-state index contributed by atoms with van der Waals surface area (Å²) in [7, 11) is 2.24. The number of piperidine rings is 1. The Morgan fingerprint density at radius 1 is 1.26 bits per heavy atom. The lowest BCUT2D eigenvalue weighted by Gasteiger charge is -2.50. The Kier molecular flexibility index (Phi) is 6.21. The number of carboxylic acid groups (broad SMARTS) is 1. The number of aliphatic carboxylic acids is 1. The molecule has 0 spiro atoms. The van der Waals surface area contributed by atoms with E-state index in [1.165, 1.54) is 12.8 Å². The molecule has 3 heterocycles. The molecule has 0 amide bonds. The number of carbonyl (C=O) groups is 1. The molecule has 156 valence electrons. The van der Waals surface area contributed by atoms with Crippen molar-refractivity contribution >= 4 is 5.97 Å². The van der Waals surface area contributed by atoms with Gasteiger partial charge in [-0.25, -0.2) is 0 Å². The van der Waals surface area contributed by atoms with Gasteiger partial charge in [0.1, 0.15) is 6.04 Å². The molecule has 3 aliphatic heterocycles. The van der Waals surface area contributed by atoms with E-state index in [0.29, 0.717) is 12.5 Å². The van der Waals surface area contributed by atoms with Crippen molar-refractivity contribution in [2.45, 2.75) is 103 Å². The van der Waals surface area contributed by atoms with Crippen LogP contribution in [-0.4, -0.2) is 71.1 Å². The molecular weight excluding hydrogens is 342 g/mol. The van der Waals surface area contributed by atoms with Crippen molar-refractivity contribution < 1.29 is 14.6 Å². The Labute approximate surface area is 164 Å². The number of rotatable bonds is 7. The zero-order valence-corrected chi connectivity index (χ0v) is 17.8. The van der Waals surface area contributed by atoms with E-state index in [4.69, 9.17) is 4.74 Å². The SMILES string of the molecule is CCCCCC12NC(C(=O)O)CCC1N(C)C(C(C)(C)C)N2C[C@@H]1CCO1. The van der Waals surface area contributed by atoms with Crippen molar-refractivity contribution in [3.05, 3.63) is 0 Å². The molecule has 0 aromatic rings. The first-order chi connectivity index (χ1) is 12.7. The molecule has 3 aliphatic rings. The van der Waals surface area contributed by atoms with Gasteiger partial charge in [0.2, 0.25) is 0 Å². The Hall–Kier alpha value is -0.690. The maximum atomic E-state index is 11.9.